The first kappa shape index (κ1) is 28.8. The zero-order valence-corrected chi connectivity index (χ0v) is 23.3. The quantitative estimate of drug-likeness (QED) is 0.417. The molecule has 8 nitrogen and oxygen atoms in total. The van der Waals surface area contributed by atoms with Crippen LogP contribution in [-0.2, 0) is 27.9 Å². The average Bonchev–Trinajstić information content (AvgIpc) is 3.02. The number of rotatable bonds is 9. The van der Waals surface area contributed by atoms with Crippen molar-refractivity contribution in [3.05, 3.63) is 23.8 Å². The molecule has 0 spiro atoms. The Balaban J connectivity index is 1.60. The van der Waals surface area contributed by atoms with Gasteiger partial charge in [0.15, 0.2) is 17.2 Å². The van der Waals surface area contributed by atoms with Crippen molar-refractivity contribution in [2.24, 2.45) is 28.6 Å². The molecule has 3 saturated carbocycles. The maximum Gasteiger partial charge on any atom is 0.356 e. The Hall–Kier alpha value is -1.22. The van der Waals surface area contributed by atoms with Crippen LogP contribution in [0.5, 0.6) is 0 Å². The molecule has 208 valence electrons. The third-order valence-corrected chi connectivity index (χ3v) is 11.6. The highest BCUT2D eigenvalue weighted by molar-refractivity contribution is 7.53. The lowest BCUT2D eigenvalue weighted by atomic mass is 9.44. The Morgan fingerprint density at radius 1 is 1.22 bits per heavy atom. The second-order valence-electron chi connectivity index (χ2n) is 11.5. The van der Waals surface area contributed by atoms with Crippen LogP contribution in [0.15, 0.2) is 23.8 Å². The standard InChI is InChI=1S/C27H40FO8P/c1-6-35-37(33,36-7-2)16-34-15-23(31)27(32)17(3)12-21-20-9-8-18-13-19(29)10-11-24(18,4)26(20,28)22(30)14-25(21,27)5/h10-11,13,17,20-22,30,32H,6-9,12,14-16H2,1-5H3/t17-,20+,21+,22+,24+,25+,26+,27+/m1/s1. The first-order valence-corrected chi connectivity index (χ1v) is 15.0. The lowest BCUT2D eigenvalue weighted by molar-refractivity contribution is -0.219. The van der Waals surface area contributed by atoms with Crippen LogP contribution in [0.1, 0.15) is 60.3 Å². The van der Waals surface area contributed by atoms with Gasteiger partial charge < -0.3 is 24.0 Å². The minimum atomic E-state index is -3.54. The van der Waals surface area contributed by atoms with E-state index in [9.17, 15) is 24.4 Å². The summed E-state index contributed by atoms with van der Waals surface area (Å²) in [5.41, 5.74) is -5.45. The summed E-state index contributed by atoms with van der Waals surface area (Å²) in [5.74, 6) is -2.26. The minimum Gasteiger partial charge on any atom is -0.390 e. The number of carbonyl (C=O) groups is 2. The fraction of sp³-hybridized carbons (Fsp3) is 0.778. The fourth-order valence-electron chi connectivity index (χ4n) is 8.01. The molecule has 3 fully saturated rings. The van der Waals surface area contributed by atoms with Gasteiger partial charge in [-0.1, -0.05) is 25.5 Å². The third kappa shape index (κ3) is 4.07. The fourth-order valence-corrected chi connectivity index (χ4v) is 9.33. The van der Waals surface area contributed by atoms with Crippen LogP contribution in [-0.4, -0.2) is 65.3 Å². The van der Waals surface area contributed by atoms with Gasteiger partial charge in [-0.3, -0.25) is 14.2 Å². The van der Waals surface area contributed by atoms with E-state index in [-0.39, 0.29) is 31.3 Å². The van der Waals surface area contributed by atoms with Gasteiger partial charge in [-0.05, 0) is 70.4 Å². The number of Topliss-reactive ketones (excluding diaryl/α,β-unsaturated/α-hetero) is 1. The van der Waals surface area contributed by atoms with E-state index in [1.54, 1.807) is 40.7 Å². The number of alkyl halides is 1. The molecule has 0 amide bonds. The average molecular weight is 543 g/mol. The highest BCUT2D eigenvalue weighted by atomic mass is 31.2. The van der Waals surface area contributed by atoms with E-state index in [0.717, 1.165) is 0 Å². The molecule has 2 N–H and O–H groups in total. The molecule has 0 radical (unpaired) electrons. The predicted octanol–water partition coefficient (Wildman–Crippen LogP) is 4.14. The van der Waals surface area contributed by atoms with Crippen molar-refractivity contribution >= 4 is 19.2 Å². The monoisotopic (exact) mass is 542 g/mol. The molecule has 10 heteroatoms. The molecule has 4 aliphatic carbocycles. The highest BCUT2D eigenvalue weighted by Gasteiger charge is 2.75. The SMILES string of the molecule is CCOP(=O)(COCC(=O)[C@@]1(O)[C@H](C)C[C@H]2[C@@H]3CCC4=CC(=O)C=C[C@]4(C)[C@@]3(F)[C@@H](O)C[C@@]21C)OCC. The minimum absolute atomic E-state index is 0.113. The lowest BCUT2D eigenvalue weighted by Gasteiger charge is -2.62. The zero-order chi connectivity index (χ0) is 27.4. The number of allylic oxidation sites excluding steroid dienone is 4. The Kier molecular flexibility index (Phi) is 7.59. The van der Waals surface area contributed by atoms with Crippen LogP contribution in [0.25, 0.3) is 0 Å². The van der Waals surface area contributed by atoms with Crippen LogP contribution in [0.4, 0.5) is 4.39 Å². The van der Waals surface area contributed by atoms with E-state index in [0.29, 0.717) is 24.8 Å². The molecule has 0 aromatic rings. The highest BCUT2D eigenvalue weighted by Crippen LogP contribution is 2.70. The summed E-state index contributed by atoms with van der Waals surface area (Å²) >= 11 is 0. The summed E-state index contributed by atoms with van der Waals surface area (Å²) in [4.78, 5) is 25.5. The maximum absolute atomic E-state index is 17.2. The lowest BCUT2D eigenvalue weighted by Crippen LogP contribution is -2.69. The molecule has 0 aliphatic heterocycles. The summed E-state index contributed by atoms with van der Waals surface area (Å²) < 4.78 is 45.8. The maximum atomic E-state index is 17.2. The Morgan fingerprint density at radius 3 is 2.49 bits per heavy atom. The largest absolute Gasteiger partial charge is 0.390 e. The molecule has 0 unspecified atom stereocenters. The molecular weight excluding hydrogens is 502 g/mol. The number of ketones is 2. The van der Waals surface area contributed by atoms with Gasteiger partial charge in [0.05, 0.1) is 19.3 Å². The van der Waals surface area contributed by atoms with E-state index >= 15 is 4.39 Å². The van der Waals surface area contributed by atoms with Gasteiger partial charge in [-0.25, -0.2) is 4.39 Å². The van der Waals surface area contributed by atoms with Crippen molar-refractivity contribution in [1.29, 1.82) is 0 Å². The molecule has 0 bridgehead atoms. The molecule has 0 aromatic heterocycles. The van der Waals surface area contributed by atoms with Gasteiger partial charge in [-0.15, -0.1) is 0 Å². The molecular formula is C27H40FO8P. The number of carbonyl (C=O) groups excluding carboxylic acids is 2. The van der Waals surface area contributed by atoms with Crippen LogP contribution < -0.4 is 0 Å². The third-order valence-electron chi connectivity index (χ3n) is 9.78. The summed E-state index contributed by atoms with van der Waals surface area (Å²) in [6.45, 7) is 8.41. The predicted molar refractivity (Wildman–Crippen MR) is 135 cm³/mol. The van der Waals surface area contributed by atoms with Crippen LogP contribution in [0, 0.1) is 28.6 Å². The summed E-state index contributed by atoms with van der Waals surface area (Å²) in [6, 6.07) is 0. The molecule has 4 rings (SSSR count). The topological polar surface area (TPSA) is 119 Å². The van der Waals surface area contributed by atoms with Gasteiger partial charge in [-0.2, -0.15) is 0 Å². The number of hydrogen-bond acceptors (Lipinski definition) is 8. The Labute approximate surface area is 218 Å². The van der Waals surface area contributed by atoms with E-state index in [2.05, 4.69) is 0 Å². The second kappa shape index (κ2) is 9.76. The molecule has 4 aliphatic rings. The summed E-state index contributed by atoms with van der Waals surface area (Å²) in [7, 11) is -3.54. The Bertz CT molecular complexity index is 1050. The van der Waals surface area contributed by atoms with Gasteiger partial charge in [0.1, 0.15) is 18.6 Å². The van der Waals surface area contributed by atoms with Gasteiger partial charge >= 0.3 is 7.60 Å². The normalized spacial score (nSPS) is 43.1. The molecule has 0 saturated heterocycles. The van der Waals surface area contributed by atoms with Crippen LogP contribution in [0.2, 0.25) is 0 Å². The zero-order valence-electron chi connectivity index (χ0n) is 22.4. The van der Waals surface area contributed by atoms with Crippen molar-refractivity contribution in [3.8, 4) is 0 Å². The van der Waals surface area contributed by atoms with Crippen molar-refractivity contribution in [3.63, 3.8) is 0 Å². The van der Waals surface area contributed by atoms with Crippen molar-refractivity contribution < 1.29 is 42.5 Å². The molecule has 8 atom stereocenters. The van der Waals surface area contributed by atoms with E-state index < -0.39 is 66.4 Å². The van der Waals surface area contributed by atoms with E-state index in [1.807, 2.05) is 0 Å². The number of fused-ring (bicyclic) bond motifs is 5. The van der Waals surface area contributed by atoms with Gasteiger partial charge in [0, 0.05) is 16.7 Å². The van der Waals surface area contributed by atoms with Crippen molar-refractivity contribution in [2.45, 2.75) is 77.7 Å². The number of aliphatic hydroxyl groups is 2. The number of hydrogen-bond donors (Lipinski definition) is 2. The van der Waals surface area contributed by atoms with Crippen molar-refractivity contribution in [2.75, 3.05) is 26.2 Å². The second-order valence-corrected chi connectivity index (χ2v) is 13.5. The molecule has 37 heavy (non-hydrogen) atoms. The number of ether oxygens (including phenoxy) is 1. The molecule has 0 aromatic carbocycles. The first-order valence-electron chi connectivity index (χ1n) is 13.3. The van der Waals surface area contributed by atoms with Gasteiger partial charge in [0.25, 0.3) is 0 Å². The van der Waals surface area contributed by atoms with Crippen LogP contribution in [0.3, 0.4) is 0 Å². The van der Waals surface area contributed by atoms with Crippen LogP contribution >= 0.6 is 7.60 Å². The molecule has 0 heterocycles. The van der Waals surface area contributed by atoms with E-state index in [1.165, 1.54) is 12.2 Å². The van der Waals surface area contributed by atoms with E-state index in [4.69, 9.17) is 13.8 Å². The summed E-state index contributed by atoms with van der Waals surface area (Å²) in [6.07, 6.45) is 3.78. The summed E-state index contributed by atoms with van der Waals surface area (Å²) in [5, 5.41) is 23.4. The number of aliphatic hydroxyl groups excluding tert-OH is 1. The van der Waals surface area contributed by atoms with Gasteiger partial charge in [0.2, 0.25) is 0 Å². The smallest absolute Gasteiger partial charge is 0.356 e. The number of halogens is 1. The first-order chi connectivity index (χ1) is 17.2. The van der Waals surface area contributed by atoms with Crippen molar-refractivity contribution in [1.82, 2.24) is 0 Å². The Morgan fingerprint density at radius 2 is 1.86 bits per heavy atom.